The van der Waals surface area contributed by atoms with Crippen LogP contribution in [0.2, 0.25) is 0 Å². The number of carbonyl (C=O) groups is 3. The van der Waals surface area contributed by atoms with Gasteiger partial charge in [0.15, 0.2) is 10.9 Å². The molecule has 194 valence electrons. The van der Waals surface area contributed by atoms with Gasteiger partial charge in [-0.25, -0.2) is 14.8 Å². The number of fused-ring (bicyclic) bond motifs is 1. The van der Waals surface area contributed by atoms with Gasteiger partial charge in [0.1, 0.15) is 16.2 Å². The Morgan fingerprint density at radius 3 is 2.47 bits per heavy atom. The number of hydrogen-bond donors (Lipinski definition) is 1. The Labute approximate surface area is 223 Å². The third-order valence-electron chi connectivity index (χ3n) is 6.53. The largest absolute Gasteiger partial charge is 0.505 e. The molecule has 1 fully saturated rings. The molecular formula is C28H26N4O5S. The third kappa shape index (κ3) is 4.06. The second-order valence-electron chi connectivity index (χ2n) is 8.87. The number of hydrogen-bond acceptors (Lipinski definition) is 8. The maximum Gasteiger partial charge on any atom is 0.350 e. The predicted octanol–water partition coefficient (Wildman–Crippen LogP) is 4.77. The maximum atomic E-state index is 13.6. The number of esters is 1. The van der Waals surface area contributed by atoms with Crippen molar-refractivity contribution in [3.63, 3.8) is 0 Å². The van der Waals surface area contributed by atoms with Gasteiger partial charge in [-0.05, 0) is 50.5 Å². The summed E-state index contributed by atoms with van der Waals surface area (Å²) in [5.74, 6) is -2.56. The van der Waals surface area contributed by atoms with Crippen molar-refractivity contribution in [3.05, 3.63) is 87.3 Å². The SMILES string of the molecule is CCOC(=O)c1sc(N2C(=O)C(=O)C(=C(O)c3c(C)nc4ccccn34)C2c2ccc(CC)cc2)nc1C. The molecule has 4 aromatic rings. The first-order valence-corrected chi connectivity index (χ1v) is 13.1. The van der Waals surface area contributed by atoms with E-state index in [2.05, 4.69) is 9.97 Å². The number of aryl methyl sites for hydroxylation is 3. The first-order chi connectivity index (χ1) is 18.3. The second-order valence-corrected chi connectivity index (χ2v) is 9.85. The van der Waals surface area contributed by atoms with Gasteiger partial charge in [0, 0.05) is 6.20 Å². The van der Waals surface area contributed by atoms with Crippen LogP contribution in [0, 0.1) is 13.8 Å². The zero-order chi connectivity index (χ0) is 27.1. The van der Waals surface area contributed by atoms with E-state index in [1.165, 1.54) is 4.90 Å². The molecule has 1 aliphatic rings. The molecule has 1 N–H and O–H groups in total. The Morgan fingerprint density at radius 2 is 1.79 bits per heavy atom. The Kier molecular flexibility index (Phi) is 6.58. The molecule has 1 saturated heterocycles. The molecule has 4 heterocycles. The highest BCUT2D eigenvalue weighted by atomic mass is 32.1. The van der Waals surface area contributed by atoms with Crippen molar-refractivity contribution in [3.8, 4) is 0 Å². The number of ether oxygens (including phenoxy) is 1. The first-order valence-electron chi connectivity index (χ1n) is 12.2. The average Bonchev–Trinajstić information content (AvgIpc) is 3.54. The van der Waals surface area contributed by atoms with E-state index < -0.39 is 23.7 Å². The summed E-state index contributed by atoms with van der Waals surface area (Å²) in [5, 5.41) is 11.8. The summed E-state index contributed by atoms with van der Waals surface area (Å²) in [5.41, 5.74) is 3.46. The molecule has 0 bridgehead atoms. The Hall–Kier alpha value is -4.31. The van der Waals surface area contributed by atoms with Crippen molar-refractivity contribution >= 4 is 45.5 Å². The van der Waals surface area contributed by atoms with Crippen molar-refractivity contribution in [2.24, 2.45) is 0 Å². The molecule has 0 radical (unpaired) electrons. The highest BCUT2D eigenvalue weighted by molar-refractivity contribution is 7.17. The van der Waals surface area contributed by atoms with Crippen molar-refractivity contribution in [1.82, 2.24) is 14.4 Å². The molecule has 1 aliphatic heterocycles. The Balaban J connectivity index is 1.73. The van der Waals surface area contributed by atoms with Crippen molar-refractivity contribution in [2.45, 2.75) is 40.2 Å². The van der Waals surface area contributed by atoms with Crippen LogP contribution in [0.4, 0.5) is 5.13 Å². The van der Waals surface area contributed by atoms with Gasteiger partial charge >= 0.3 is 11.9 Å². The van der Waals surface area contributed by atoms with Crippen LogP contribution in [-0.4, -0.2) is 43.7 Å². The smallest absolute Gasteiger partial charge is 0.350 e. The van der Waals surface area contributed by atoms with Crippen LogP contribution in [0.5, 0.6) is 0 Å². The van der Waals surface area contributed by atoms with E-state index in [0.29, 0.717) is 28.3 Å². The van der Waals surface area contributed by atoms with E-state index in [1.807, 2.05) is 37.3 Å². The van der Waals surface area contributed by atoms with E-state index >= 15 is 0 Å². The topological polar surface area (TPSA) is 114 Å². The predicted molar refractivity (Wildman–Crippen MR) is 143 cm³/mol. The fourth-order valence-electron chi connectivity index (χ4n) is 4.68. The average molecular weight is 531 g/mol. The number of nitrogens with zero attached hydrogens (tertiary/aromatic N) is 4. The number of aromatic nitrogens is 3. The first kappa shape index (κ1) is 25.3. The molecule has 1 aromatic carbocycles. The van der Waals surface area contributed by atoms with Crippen LogP contribution in [-0.2, 0) is 20.7 Å². The number of rotatable bonds is 6. The minimum atomic E-state index is -0.963. The number of benzene rings is 1. The normalized spacial score (nSPS) is 16.9. The van der Waals surface area contributed by atoms with E-state index in [9.17, 15) is 19.5 Å². The molecular weight excluding hydrogens is 504 g/mol. The quantitative estimate of drug-likeness (QED) is 0.165. The molecule has 38 heavy (non-hydrogen) atoms. The highest BCUT2D eigenvalue weighted by Gasteiger charge is 2.49. The summed E-state index contributed by atoms with van der Waals surface area (Å²) in [6.45, 7) is 7.31. The lowest BCUT2D eigenvalue weighted by atomic mass is 9.95. The number of thiazole rings is 1. The number of amides is 1. The highest BCUT2D eigenvalue weighted by Crippen LogP contribution is 2.44. The second kappa shape index (κ2) is 9.86. The van der Waals surface area contributed by atoms with Gasteiger partial charge in [0.05, 0.1) is 29.6 Å². The zero-order valence-electron chi connectivity index (χ0n) is 21.4. The molecule has 3 aromatic heterocycles. The molecule has 0 spiro atoms. The van der Waals surface area contributed by atoms with Crippen LogP contribution >= 0.6 is 11.3 Å². The van der Waals surface area contributed by atoms with Crippen LogP contribution in [0.15, 0.2) is 54.2 Å². The summed E-state index contributed by atoms with van der Waals surface area (Å²) in [7, 11) is 0. The lowest BCUT2D eigenvalue weighted by Gasteiger charge is -2.23. The van der Waals surface area contributed by atoms with Gasteiger partial charge in [-0.3, -0.25) is 18.9 Å². The number of aliphatic hydroxyl groups is 1. The van der Waals surface area contributed by atoms with Gasteiger partial charge < -0.3 is 9.84 Å². The Bertz CT molecular complexity index is 1620. The number of carbonyl (C=O) groups excluding carboxylic acids is 3. The van der Waals surface area contributed by atoms with Gasteiger partial charge in [-0.15, -0.1) is 0 Å². The molecule has 5 rings (SSSR count). The lowest BCUT2D eigenvalue weighted by molar-refractivity contribution is -0.132. The monoisotopic (exact) mass is 530 g/mol. The fraction of sp³-hybridized carbons (Fsp3) is 0.250. The fourth-order valence-corrected chi connectivity index (χ4v) is 5.67. The minimum Gasteiger partial charge on any atom is -0.505 e. The van der Waals surface area contributed by atoms with Crippen molar-refractivity contribution < 1.29 is 24.2 Å². The van der Waals surface area contributed by atoms with Crippen LogP contribution < -0.4 is 4.90 Å². The molecule has 1 unspecified atom stereocenters. The van der Waals surface area contributed by atoms with Crippen LogP contribution in [0.3, 0.4) is 0 Å². The lowest BCUT2D eigenvalue weighted by Crippen LogP contribution is -2.29. The number of ketones is 1. The van der Waals surface area contributed by atoms with Crippen molar-refractivity contribution in [2.75, 3.05) is 11.5 Å². The molecule has 0 aliphatic carbocycles. The van der Waals surface area contributed by atoms with Gasteiger partial charge in [-0.2, -0.15) is 0 Å². The number of anilines is 1. The zero-order valence-corrected chi connectivity index (χ0v) is 22.2. The van der Waals surface area contributed by atoms with Gasteiger partial charge in [0.25, 0.3) is 5.78 Å². The molecule has 1 amide bonds. The number of imidazole rings is 1. The minimum absolute atomic E-state index is 0.0708. The van der Waals surface area contributed by atoms with Crippen LogP contribution in [0.25, 0.3) is 11.4 Å². The van der Waals surface area contributed by atoms with Gasteiger partial charge in [-0.1, -0.05) is 48.6 Å². The third-order valence-corrected chi connectivity index (χ3v) is 7.67. The number of aliphatic hydroxyl groups excluding tert-OH is 1. The van der Waals surface area contributed by atoms with Crippen molar-refractivity contribution in [1.29, 1.82) is 0 Å². The molecule has 9 nitrogen and oxygen atoms in total. The maximum absolute atomic E-state index is 13.6. The Morgan fingerprint density at radius 1 is 1.05 bits per heavy atom. The van der Waals surface area contributed by atoms with Gasteiger partial charge in [0.2, 0.25) is 0 Å². The number of pyridine rings is 1. The summed E-state index contributed by atoms with van der Waals surface area (Å²) < 4.78 is 6.82. The van der Waals surface area contributed by atoms with Crippen LogP contribution in [0.1, 0.15) is 57.8 Å². The summed E-state index contributed by atoms with van der Waals surface area (Å²) in [4.78, 5) is 50.0. The van der Waals surface area contributed by atoms with E-state index in [1.54, 1.807) is 43.5 Å². The van der Waals surface area contributed by atoms with E-state index in [0.717, 1.165) is 23.3 Å². The molecule has 10 heteroatoms. The summed E-state index contributed by atoms with van der Waals surface area (Å²) in [6, 6.07) is 12.0. The standard InChI is InChI=1S/C28H26N4O5S/c1-5-17-10-12-18(13-11-17)22-20(23(33)21-15(3)29-19-9-7-8-14-31(19)21)24(34)26(35)32(22)28-30-16(4)25(38-28)27(36)37-6-2/h7-14,22,33H,5-6H2,1-4H3. The van der Waals surface area contributed by atoms with E-state index in [-0.39, 0.29) is 27.9 Å². The molecule has 1 atom stereocenters. The molecule has 0 saturated carbocycles. The van der Waals surface area contributed by atoms with E-state index in [4.69, 9.17) is 4.74 Å². The summed E-state index contributed by atoms with van der Waals surface area (Å²) in [6.07, 6.45) is 2.55. The number of Topliss-reactive ketones (excluding diaryl/α,β-unsaturated/α-hetero) is 1. The summed E-state index contributed by atoms with van der Waals surface area (Å²) >= 11 is 0.979.